The Labute approximate surface area is 152 Å². The van der Waals surface area contributed by atoms with Gasteiger partial charge >= 0.3 is 0 Å². The molecule has 5 rings (SSSR count). The molecule has 0 spiro atoms. The van der Waals surface area contributed by atoms with Crippen molar-refractivity contribution >= 4 is 22.4 Å². The van der Waals surface area contributed by atoms with Crippen LogP contribution in [0, 0.1) is 0 Å². The Morgan fingerprint density at radius 1 is 0.808 bits per heavy atom. The first-order valence-electron chi connectivity index (χ1n) is 8.99. The molecule has 0 saturated heterocycles. The van der Waals surface area contributed by atoms with Crippen LogP contribution in [-0.4, -0.2) is 15.7 Å². The smallest absolute Gasteiger partial charge is 0.111 e. The van der Waals surface area contributed by atoms with E-state index in [0.717, 1.165) is 41.8 Å². The molecule has 3 aromatic carbocycles. The summed E-state index contributed by atoms with van der Waals surface area (Å²) in [5.41, 5.74) is 8.27. The molecule has 4 aromatic rings. The second-order valence-electron chi connectivity index (χ2n) is 6.86. The second kappa shape index (κ2) is 6.26. The quantitative estimate of drug-likeness (QED) is 0.558. The molecule has 0 unspecified atom stereocenters. The van der Waals surface area contributed by atoms with Gasteiger partial charge in [0, 0.05) is 25.0 Å². The third-order valence-corrected chi connectivity index (χ3v) is 4.87. The van der Waals surface area contributed by atoms with Crippen LogP contribution < -0.4 is 0 Å². The summed E-state index contributed by atoms with van der Waals surface area (Å²) in [6.07, 6.45) is 2.66. The molecule has 1 N–H and O–H groups in total. The van der Waals surface area contributed by atoms with Crippen LogP contribution in [-0.2, 0) is 19.3 Å². The summed E-state index contributed by atoms with van der Waals surface area (Å²) in [4.78, 5) is 13.1. The van der Waals surface area contributed by atoms with Gasteiger partial charge in [0.1, 0.15) is 5.82 Å². The van der Waals surface area contributed by atoms with Crippen LogP contribution >= 0.6 is 0 Å². The lowest BCUT2D eigenvalue weighted by molar-refractivity contribution is 1.04. The molecule has 3 nitrogen and oxygen atoms in total. The third-order valence-electron chi connectivity index (χ3n) is 4.87. The van der Waals surface area contributed by atoms with E-state index in [1.165, 1.54) is 22.4 Å². The SMILES string of the molecule is c1ccc(CC2=Nc3cc4nc(Cc5ccccc5)[nH]c4cc3C2)cc1. The molecule has 0 aliphatic carbocycles. The number of hydrogen-bond donors (Lipinski definition) is 1. The molecule has 0 fully saturated rings. The van der Waals surface area contributed by atoms with Gasteiger partial charge in [0.15, 0.2) is 0 Å². The molecule has 126 valence electrons. The monoisotopic (exact) mass is 337 g/mol. The van der Waals surface area contributed by atoms with Gasteiger partial charge in [-0.15, -0.1) is 0 Å². The molecular weight excluding hydrogens is 318 g/mol. The molecule has 0 amide bonds. The highest BCUT2D eigenvalue weighted by Crippen LogP contribution is 2.31. The van der Waals surface area contributed by atoms with E-state index in [4.69, 9.17) is 9.98 Å². The Morgan fingerprint density at radius 3 is 2.23 bits per heavy atom. The van der Waals surface area contributed by atoms with Crippen molar-refractivity contribution in [1.82, 2.24) is 9.97 Å². The number of nitrogens with one attached hydrogen (secondary N) is 1. The molecule has 3 heteroatoms. The minimum atomic E-state index is 0.822. The van der Waals surface area contributed by atoms with Crippen molar-refractivity contribution in [1.29, 1.82) is 0 Å². The van der Waals surface area contributed by atoms with E-state index in [2.05, 4.69) is 71.7 Å². The van der Waals surface area contributed by atoms with Crippen LogP contribution in [0.25, 0.3) is 11.0 Å². The third kappa shape index (κ3) is 2.93. The Kier molecular flexibility index (Phi) is 3.64. The average Bonchev–Trinajstić information content (AvgIpc) is 3.22. The topological polar surface area (TPSA) is 41.0 Å². The van der Waals surface area contributed by atoms with Crippen molar-refractivity contribution in [3.8, 4) is 0 Å². The average molecular weight is 337 g/mol. The number of aromatic nitrogens is 2. The minimum Gasteiger partial charge on any atom is -0.342 e. The van der Waals surface area contributed by atoms with Gasteiger partial charge in [0.2, 0.25) is 0 Å². The lowest BCUT2D eigenvalue weighted by atomic mass is 10.0. The Hall–Kier alpha value is -3.20. The van der Waals surface area contributed by atoms with Crippen molar-refractivity contribution in [2.45, 2.75) is 19.3 Å². The Balaban J connectivity index is 1.41. The number of H-pyrrole nitrogens is 1. The maximum atomic E-state index is 4.85. The van der Waals surface area contributed by atoms with Crippen LogP contribution in [0.3, 0.4) is 0 Å². The van der Waals surface area contributed by atoms with Crippen molar-refractivity contribution in [3.05, 3.63) is 95.3 Å². The van der Waals surface area contributed by atoms with Crippen molar-refractivity contribution < 1.29 is 0 Å². The van der Waals surface area contributed by atoms with Gasteiger partial charge in [0.25, 0.3) is 0 Å². The van der Waals surface area contributed by atoms with Crippen molar-refractivity contribution in [2.24, 2.45) is 4.99 Å². The number of aromatic amines is 1. The van der Waals surface area contributed by atoms with E-state index >= 15 is 0 Å². The highest BCUT2D eigenvalue weighted by molar-refractivity contribution is 5.97. The molecular formula is C23H19N3. The predicted octanol–water partition coefficient (Wildman–Crippen LogP) is 5.03. The number of rotatable bonds is 4. The van der Waals surface area contributed by atoms with E-state index in [9.17, 15) is 0 Å². The fourth-order valence-electron chi connectivity index (χ4n) is 3.63. The number of fused-ring (bicyclic) bond motifs is 2. The van der Waals surface area contributed by atoms with Gasteiger partial charge in [-0.05, 0) is 28.8 Å². The Morgan fingerprint density at radius 2 is 1.50 bits per heavy atom. The zero-order valence-corrected chi connectivity index (χ0v) is 14.4. The molecule has 0 saturated carbocycles. The maximum absolute atomic E-state index is 4.85. The number of hydrogen-bond acceptors (Lipinski definition) is 2. The van der Waals surface area contributed by atoms with Crippen LogP contribution in [0.5, 0.6) is 0 Å². The maximum Gasteiger partial charge on any atom is 0.111 e. The normalized spacial score (nSPS) is 13.0. The molecule has 1 aliphatic rings. The zero-order valence-electron chi connectivity index (χ0n) is 14.4. The van der Waals surface area contributed by atoms with E-state index in [-0.39, 0.29) is 0 Å². The molecule has 0 radical (unpaired) electrons. The van der Waals surface area contributed by atoms with E-state index < -0.39 is 0 Å². The van der Waals surface area contributed by atoms with Crippen LogP contribution in [0.15, 0.2) is 77.8 Å². The molecule has 1 aliphatic heterocycles. The van der Waals surface area contributed by atoms with Gasteiger partial charge in [-0.1, -0.05) is 60.7 Å². The first kappa shape index (κ1) is 15.1. The highest BCUT2D eigenvalue weighted by atomic mass is 14.9. The first-order chi connectivity index (χ1) is 12.8. The standard InChI is InChI=1S/C23H19N3/c1-3-7-16(8-4-1)11-19-13-18-14-21-22(15-20(18)24-19)26-23(25-21)12-17-9-5-2-6-10-17/h1-10,14-15H,11-13H2,(H,25,26). The van der Waals surface area contributed by atoms with Gasteiger partial charge in [0.05, 0.1) is 16.7 Å². The van der Waals surface area contributed by atoms with Crippen molar-refractivity contribution in [2.75, 3.05) is 0 Å². The summed E-state index contributed by atoms with van der Waals surface area (Å²) in [5.74, 6) is 1.00. The van der Waals surface area contributed by atoms with E-state index in [1.807, 2.05) is 6.07 Å². The van der Waals surface area contributed by atoms with Crippen LogP contribution in [0.4, 0.5) is 5.69 Å². The summed E-state index contributed by atoms with van der Waals surface area (Å²) >= 11 is 0. The Bertz CT molecular complexity index is 1090. The first-order valence-corrected chi connectivity index (χ1v) is 8.99. The van der Waals surface area contributed by atoms with Gasteiger partial charge in [-0.2, -0.15) is 0 Å². The lowest BCUT2D eigenvalue weighted by Crippen LogP contribution is -2.02. The summed E-state index contributed by atoms with van der Waals surface area (Å²) in [6.45, 7) is 0. The summed E-state index contributed by atoms with van der Waals surface area (Å²) in [6, 6.07) is 25.3. The fourth-order valence-corrected chi connectivity index (χ4v) is 3.63. The molecule has 26 heavy (non-hydrogen) atoms. The minimum absolute atomic E-state index is 0.822. The summed E-state index contributed by atoms with van der Waals surface area (Å²) in [7, 11) is 0. The van der Waals surface area contributed by atoms with Crippen LogP contribution in [0.1, 0.15) is 22.5 Å². The predicted molar refractivity (Wildman–Crippen MR) is 106 cm³/mol. The fraction of sp³-hybridized carbons (Fsp3) is 0.130. The summed E-state index contributed by atoms with van der Waals surface area (Å²) in [5, 5.41) is 0. The van der Waals surface area contributed by atoms with Gasteiger partial charge in [-0.3, -0.25) is 4.99 Å². The van der Waals surface area contributed by atoms with E-state index in [0.29, 0.717) is 0 Å². The number of aliphatic imine (C=N–C) groups is 1. The van der Waals surface area contributed by atoms with Gasteiger partial charge < -0.3 is 4.98 Å². The molecule has 0 atom stereocenters. The zero-order chi connectivity index (χ0) is 17.3. The van der Waals surface area contributed by atoms with Crippen molar-refractivity contribution in [3.63, 3.8) is 0 Å². The molecule has 0 bridgehead atoms. The highest BCUT2D eigenvalue weighted by Gasteiger charge is 2.17. The molecule has 2 heterocycles. The molecule has 1 aromatic heterocycles. The number of imidazole rings is 1. The van der Waals surface area contributed by atoms with Crippen LogP contribution in [0.2, 0.25) is 0 Å². The van der Waals surface area contributed by atoms with Gasteiger partial charge in [-0.25, -0.2) is 4.98 Å². The lowest BCUT2D eigenvalue weighted by Gasteiger charge is -2.00. The number of nitrogens with zero attached hydrogens (tertiary/aromatic N) is 2. The number of benzene rings is 3. The largest absolute Gasteiger partial charge is 0.342 e. The summed E-state index contributed by atoms with van der Waals surface area (Å²) < 4.78 is 0. The second-order valence-corrected chi connectivity index (χ2v) is 6.86. The van der Waals surface area contributed by atoms with E-state index in [1.54, 1.807) is 0 Å².